The second kappa shape index (κ2) is 5.43. The van der Waals surface area contributed by atoms with Gasteiger partial charge in [-0.2, -0.15) is 0 Å². The lowest BCUT2D eigenvalue weighted by molar-refractivity contribution is -0.145. The average Bonchev–Trinajstić information content (AvgIpc) is 2.15. The molecule has 1 atom stereocenters. The van der Waals surface area contributed by atoms with E-state index in [0.717, 1.165) is 12.8 Å². The third-order valence-corrected chi connectivity index (χ3v) is 2.05. The van der Waals surface area contributed by atoms with E-state index in [9.17, 15) is 4.79 Å². The number of benzene rings is 1. The monoisotopic (exact) mass is 192 g/mol. The van der Waals surface area contributed by atoms with Gasteiger partial charge in [-0.1, -0.05) is 30.3 Å². The Hall–Kier alpha value is -1.31. The smallest absolute Gasteiger partial charge is 0.302 e. The van der Waals surface area contributed by atoms with Crippen molar-refractivity contribution in [3.8, 4) is 0 Å². The molecule has 1 rings (SSSR count). The van der Waals surface area contributed by atoms with E-state index in [1.807, 2.05) is 25.1 Å². The maximum absolute atomic E-state index is 10.6. The van der Waals surface area contributed by atoms with Gasteiger partial charge < -0.3 is 4.74 Å². The minimum Gasteiger partial charge on any atom is -0.463 e. The van der Waals surface area contributed by atoms with Crippen molar-refractivity contribution in [2.24, 2.45) is 0 Å². The molecule has 14 heavy (non-hydrogen) atoms. The molecule has 2 heteroatoms. The molecule has 0 amide bonds. The standard InChI is InChI=1S/C12H16O2/c1-10(14-11(2)13)8-9-12-6-4-3-5-7-12/h3-7,10H,8-9H2,1-2H3/t10-/m1/s1. The summed E-state index contributed by atoms with van der Waals surface area (Å²) in [6, 6.07) is 10.2. The number of carbonyl (C=O) groups is 1. The zero-order chi connectivity index (χ0) is 10.4. The Morgan fingerprint density at radius 1 is 1.36 bits per heavy atom. The first kappa shape index (κ1) is 10.8. The molecule has 0 radical (unpaired) electrons. The number of rotatable bonds is 4. The molecule has 2 nitrogen and oxygen atoms in total. The minimum absolute atomic E-state index is 0.00714. The summed E-state index contributed by atoms with van der Waals surface area (Å²) in [5.74, 6) is -0.203. The number of aryl methyl sites for hydroxylation is 1. The van der Waals surface area contributed by atoms with Crippen LogP contribution in [-0.2, 0) is 16.0 Å². The van der Waals surface area contributed by atoms with Crippen molar-refractivity contribution in [1.82, 2.24) is 0 Å². The Kier molecular flexibility index (Phi) is 4.17. The Bertz CT molecular complexity index is 280. The molecule has 0 aliphatic rings. The highest BCUT2D eigenvalue weighted by molar-refractivity contribution is 5.66. The summed E-state index contributed by atoms with van der Waals surface area (Å²) in [6.07, 6.45) is 1.84. The molecule has 76 valence electrons. The van der Waals surface area contributed by atoms with Crippen LogP contribution in [0.2, 0.25) is 0 Å². The van der Waals surface area contributed by atoms with Gasteiger partial charge >= 0.3 is 5.97 Å². The van der Waals surface area contributed by atoms with Gasteiger partial charge in [0.15, 0.2) is 0 Å². The number of hydrogen-bond donors (Lipinski definition) is 0. The second-order valence-electron chi connectivity index (χ2n) is 3.44. The van der Waals surface area contributed by atoms with Crippen LogP contribution in [0.3, 0.4) is 0 Å². The summed E-state index contributed by atoms with van der Waals surface area (Å²) >= 11 is 0. The highest BCUT2D eigenvalue weighted by atomic mass is 16.5. The zero-order valence-corrected chi connectivity index (χ0v) is 8.69. The predicted octanol–water partition coefficient (Wildman–Crippen LogP) is 2.57. The van der Waals surface area contributed by atoms with Crippen LogP contribution in [0.15, 0.2) is 30.3 Å². The molecule has 0 aliphatic heterocycles. The lowest BCUT2D eigenvalue weighted by Gasteiger charge is -2.11. The fourth-order valence-electron chi connectivity index (χ4n) is 1.36. The molecule has 0 aliphatic carbocycles. The van der Waals surface area contributed by atoms with Crippen LogP contribution in [0.4, 0.5) is 0 Å². The molecule has 0 fully saturated rings. The highest BCUT2D eigenvalue weighted by Gasteiger charge is 2.04. The van der Waals surface area contributed by atoms with Crippen LogP contribution in [0, 0.1) is 0 Å². The van der Waals surface area contributed by atoms with Crippen LogP contribution in [0.1, 0.15) is 25.8 Å². The fourth-order valence-corrected chi connectivity index (χ4v) is 1.36. The normalized spacial score (nSPS) is 12.1. The molecule has 0 bridgehead atoms. The van der Waals surface area contributed by atoms with Gasteiger partial charge in [0, 0.05) is 6.92 Å². The molecule has 0 unspecified atom stereocenters. The largest absolute Gasteiger partial charge is 0.463 e. The van der Waals surface area contributed by atoms with Gasteiger partial charge in [0.25, 0.3) is 0 Å². The quantitative estimate of drug-likeness (QED) is 0.685. The van der Waals surface area contributed by atoms with Crippen LogP contribution in [0.5, 0.6) is 0 Å². The Balaban J connectivity index is 2.30. The molecule has 0 aromatic heterocycles. The predicted molar refractivity (Wildman–Crippen MR) is 56.0 cm³/mol. The minimum atomic E-state index is -0.203. The molecule has 0 N–H and O–H groups in total. The number of carbonyl (C=O) groups excluding carboxylic acids is 1. The molecular formula is C12H16O2. The van der Waals surface area contributed by atoms with E-state index < -0.39 is 0 Å². The van der Waals surface area contributed by atoms with E-state index in [4.69, 9.17) is 4.74 Å². The number of esters is 1. The van der Waals surface area contributed by atoms with Crippen LogP contribution in [-0.4, -0.2) is 12.1 Å². The van der Waals surface area contributed by atoms with Crippen molar-refractivity contribution in [1.29, 1.82) is 0 Å². The molecule has 0 saturated carbocycles. The van der Waals surface area contributed by atoms with Crippen molar-refractivity contribution in [2.75, 3.05) is 0 Å². The Labute approximate surface area is 84.9 Å². The van der Waals surface area contributed by atoms with Gasteiger partial charge in [0.2, 0.25) is 0 Å². The molecule has 0 spiro atoms. The summed E-state index contributed by atoms with van der Waals surface area (Å²) in [6.45, 7) is 3.36. The third kappa shape index (κ3) is 4.08. The topological polar surface area (TPSA) is 26.3 Å². The molecule has 0 saturated heterocycles. The summed E-state index contributed by atoms with van der Waals surface area (Å²) < 4.78 is 5.03. The summed E-state index contributed by atoms with van der Waals surface area (Å²) in [5.41, 5.74) is 1.28. The summed E-state index contributed by atoms with van der Waals surface area (Å²) in [4.78, 5) is 10.6. The Morgan fingerprint density at radius 3 is 2.57 bits per heavy atom. The first-order chi connectivity index (χ1) is 6.68. The van der Waals surface area contributed by atoms with Gasteiger partial charge in [-0.05, 0) is 25.3 Å². The Morgan fingerprint density at radius 2 is 2.00 bits per heavy atom. The van der Waals surface area contributed by atoms with E-state index in [0.29, 0.717) is 0 Å². The van der Waals surface area contributed by atoms with Gasteiger partial charge in [-0.15, -0.1) is 0 Å². The first-order valence-electron chi connectivity index (χ1n) is 4.89. The SMILES string of the molecule is CC(=O)O[C@H](C)CCc1ccccc1. The lowest BCUT2D eigenvalue weighted by atomic mass is 10.1. The average molecular weight is 192 g/mol. The molecule has 1 aromatic carbocycles. The van der Waals surface area contributed by atoms with Crippen LogP contribution in [0.25, 0.3) is 0 Å². The van der Waals surface area contributed by atoms with E-state index in [2.05, 4.69) is 12.1 Å². The van der Waals surface area contributed by atoms with E-state index in [1.54, 1.807) is 0 Å². The third-order valence-electron chi connectivity index (χ3n) is 2.05. The van der Waals surface area contributed by atoms with E-state index >= 15 is 0 Å². The molecular weight excluding hydrogens is 176 g/mol. The molecule has 1 aromatic rings. The fraction of sp³-hybridized carbons (Fsp3) is 0.417. The molecule has 0 heterocycles. The van der Waals surface area contributed by atoms with Crippen LogP contribution < -0.4 is 0 Å². The van der Waals surface area contributed by atoms with E-state index in [-0.39, 0.29) is 12.1 Å². The van der Waals surface area contributed by atoms with Gasteiger partial charge in [0.1, 0.15) is 0 Å². The lowest BCUT2D eigenvalue weighted by Crippen LogP contribution is -2.12. The van der Waals surface area contributed by atoms with E-state index in [1.165, 1.54) is 12.5 Å². The van der Waals surface area contributed by atoms with Gasteiger partial charge in [0.05, 0.1) is 6.10 Å². The van der Waals surface area contributed by atoms with Crippen molar-refractivity contribution >= 4 is 5.97 Å². The van der Waals surface area contributed by atoms with Crippen molar-refractivity contribution in [3.63, 3.8) is 0 Å². The summed E-state index contributed by atoms with van der Waals surface area (Å²) in [7, 11) is 0. The second-order valence-corrected chi connectivity index (χ2v) is 3.44. The van der Waals surface area contributed by atoms with Gasteiger partial charge in [-0.25, -0.2) is 0 Å². The highest BCUT2D eigenvalue weighted by Crippen LogP contribution is 2.06. The van der Waals surface area contributed by atoms with Crippen molar-refractivity contribution < 1.29 is 9.53 Å². The number of hydrogen-bond acceptors (Lipinski definition) is 2. The van der Waals surface area contributed by atoms with Crippen LogP contribution >= 0.6 is 0 Å². The maximum atomic E-state index is 10.6. The first-order valence-corrected chi connectivity index (χ1v) is 4.89. The summed E-state index contributed by atoms with van der Waals surface area (Å²) in [5, 5.41) is 0. The maximum Gasteiger partial charge on any atom is 0.302 e. The number of ether oxygens (including phenoxy) is 1. The zero-order valence-electron chi connectivity index (χ0n) is 8.69. The van der Waals surface area contributed by atoms with Crippen molar-refractivity contribution in [2.45, 2.75) is 32.8 Å². The van der Waals surface area contributed by atoms with Gasteiger partial charge in [-0.3, -0.25) is 4.79 Å². The van der Waals surface area contributed by atoms with Crippen molar-refractivity contribution in [3.05, 3.63) is 35.9 Å².